The number of sulfone groups is 1. The van der Waals surface area contributed by atoms with Crippen molar-refractivity contribution in [2.75, 3.05) is 11.9 Å². The number of hydrogen-bond acceptors (Lipinski definition) is 8. The van der Waals surface area contributed by atoms with Crippen LogP contribution < -0.4 is 5.32 Å². The molecule has 3 amide bonds. The molecule has 0 spiro atoms. The molecule has 1 aliphatic rings. The summed E-state index contributed by atoms with van der Waals surface area (Å²) in [5, 5.41) is 9.47. The van der Waals surface area contributed by atoms with Crippen LogP contribution in [0.4, 0.5) is 6.01 Å². The Morgan fingerprint density at radius 1 is 1.00 bits per heavy atom. The molecule has 11 heteroatoms. The Labute approximate surface area is 189 Å². The maximum atomic E-state index is 12.4. The fourth-order valence-electron chi connectivity index (χ4n) is 3.30. The summed E-state index contributed by atoms with van der Waals surface area (Å²) in [6, 6.07) is 12.5. The van der Waals surface area contributed by atoms with Crippen LogP contribution in [0.15, 0.2) is 57.8 Å². The van der Waals surface area contributed by atoms with Gasteiger partial charge in [0.25, 0.3) is 11.8 Å². The fraction of sp³-hybridized carbons (Fsp3) is 0.227. The number of carbonyl (C=O) groups is 3. The highest BCUT2D eigenvalue weighted by Crippen LogP contribution is 2.22. The van der Waals surface area contributed by atoms with E-state index in [9.17, 15) is 22.8 Å². The highest BCUT2D eigenvalue weighted by atomic mass is 32.2. The summed E-state index contributed by atoms with van der Waals surface area (Å²) in [5.74, 6) is -1.55. The third kappa shape index (κ3) is 4.40. The maximum absolute atomic E-state index is 12.4. The lowest BCUT2D eigenvalue weighted by Crippen LogP contribution is -2.37. The van der Waals surface area contributed by atoms with Crippen LogP contribution >= 0.6 is 0 Å². The van der Waals surface area contributed by atoms with Crippen molar-refractivity contribution in [2.45, 2.75) is 30.4 Å². The average molecular weight is 468 g/mol. The number of fused-ring (bicyclic) bond motifs is 1. The molecule has 10 nitrogen and oxygen atoms in total. The second-order valence-electron chi connectivity index (χ2n) is 7.71. The summed E-state index contributed by atoms with van der Waals surface area (Å²) in [4.78, 5) is 38.1. The Bertz CT molecular complexity index is 1310. The Balaban J connectivity index is 1.37. The molecule has 0 saturated heterocycles. The molecule has 33 heavy (non-hydrogen) atoms. The Hall–Kier alpha value is -3.86. The molecule has 170 valence electrons. The van der Waals surface area contributed by atoms with Crippen LogP contribution in [0.25, 0.3) is 0 Å². The molecule has 3 aromatic rings. The van der Waals surface area contributed by atoms with Gasteiger partial charge in [0.05, 0.1) is 27.7 Å². The van der Waals surface area contributed by atoms with E-state index in [-0.39, 0.29) is 34.3 Å². The van der Waals surface area contributed by atoms with E-state index in [2.05, 4.69) is 15.5 Å². The van der Waals surface area contributed by atoms with Gasteiger partial charge in [-0.2, -0.15) is 0 Å². The Morgan fingerprint density at radius 2 is 1.61 bits per heavy atom. The van der Waals surface area contributed by atoms with Crippen LogP contribution in [0.2, 0.25) is 0 Å². The highest BCUT2D eigenvalue weighted by molar-refractivity contribution is 7.92. The first-order valence-electron chi connectivity index (χ1n) is 10.1. The fourth-order valence-corrected chi connectivity index (χ4v) is 4.36. The second-order valence-corrected chi connectivity index (χ2v) is 10.2. The van der Waals surface area contributed by atoms with E-state index < -0.39 is 39.4 Å². The first kappa shape index (κ1) is 22.3. The molecule has 2 aromatic carbocycles. The largest absolute Gasteiger partial charge is 0.407 e. The minimum absolute atomic E-state index is 0.175. The topological polar surface area (TPSA) is 140 Å². The van der Waals surface area contributed by atoms with Gasteiger partial charge in [-0.15, -0.1) is 5.10 Å². The summed E-state index contributed by atoms with van der Waals surface area (Å²) in [6.07, 6.45) is 0.225. The molecule has 4 rings (SSSR count). The van der Waals surface area contributed by atoms with Crippen LogP contribution in [0.5, 0.6) is 0 Å². The van der Waals surface area contributed by atoms with Crippen molar-refractivity contribution in [1.82, 2.24) is 15.1 Å². The molecule has 0 atom stereocenters. The van der Waals surface area contributed by atoms with Crippen molar-refractivity contribution in [2.24, 2.45) is 0 Å². The van der Waals surface area contributed by atoms with Crippen molar-refractivity contribution in [3.8, 4) is 0 Å². The predicted molar refractivity (Wildman–Crippen MR) is 116 cm³/mol. The van der Waals surface area contributed by atoms with Gasteiger partial charge < -0.3 is 4.42 Å². The molecule has 0 unspecified atom stereocenters. The molecule has 0 radical (unpaired) electrons. The molecular weight excluding hydrogens is 448 g/mol. The number of nitrogens with one attached hydrogen (secondary N) is 1. The van der Waals surface area contributed by atoms with E-state index in [0.29, 0.717) is 0 Å². The Morgan fingerprint density at radius 3 is 2.18 bits per heavy atom. The SMILES string of the molecule is CC(C)S(=O)(=O)c1ccc(Cc2nnc(NC(=O)CN3C(=O)c4ccccc4C3=O)o2)cc1. The first-order valence-corrected chi connectivity index (χ1v) is 11.6. The minimum Gasteiger partial charge on any atom is -0.407 e. The van der Waals surface area contributed by atoms with Gasteiger partial charge in [-0.1, -0.05) is 29.4 Å². The van der Waals surface area contributed by atoms with Crippen LogP contribution in [0, 0.1) is 0 Å². The number of rotatable bonds is 7. The number of imide groups is 1. The zero-order valence-corrected chi connectivity index (χ0v) is 18.6. The van der Waals surface area contributed by atoms with Crippen molar-refractivity contribution >= 4 is 33.6 Å². The van der Waals surface area contributed by atoms with Gasteiger partial charge in [-0.05, 0) is 43.7 Å². The number of amides is 3. The molecule has 0 aliphatic carbocycles. The molecule has 0 saturated carbocycles. The van der Waals surface area contributed by atoms with Gasteiger partial charge >= 0.3 is 6.01 Å². The molecular formula is C22H20N4O6S. The van der Waals surface area contributed by atoms with Crippen LogP contribution in [-0.4, -0.2) is 53.0 Å². The average Bonchev–Trinajstić information content (AvgIpc) is 3.32. The van der Waals surface area contributed by atoms with Gasteiger partial charge in [0, 0.05) is 0 Å². The van der Waals surface area contributed by atoms with Gasteiger partial charge in [0.1, 0.15) is 6.54 Å². The maximum Gasteiger partial charge on any atom is 0.322 e. The molecule has 1 aliphatic heterocycles. The Kier molecular flexibility index (Phi) is 5.81. The second kappa shape index (κ2) is 8.58. The third-order valence-corrected chi connectivity index (χ3v) is 7.29. The minimum atomic E-state index is -3.36. The molecule has 1 N–H and O–H groups in total. The monoisotopic (exact) mass is 468 g/mol. The van der Waals surface area contributed by atoms with Gasteiger partial charge in [0.15, 0.2) is 9.84 Å². The number of benzene rings is 2. The number of hydrogen-bond donors (Lipinski definition) is 1. The van der Waals surface area contributed by atoms with Crippen molar-refractivity contribution in [3.63, 3.8) is 0 Å². The van der Waals surface area contributed by atoms with E-state index in [1.165, 1.54) is 24.3 Å². The normalized spacial score (nSPS) is 13.5. The lowest BCUT2D eigenvalue weighted by Gasteiger charge is -2.12. The molecule has 2 heterocycles. The summed E-state index contributed by atoms with van der Waals surface area (Å²) < 4.78 is 29.8. The van der Waals surface area contributed by atoms with Crippen LogP contribution in [-0.2, 0) is 21.1 Å². The summed E-state index contributed by atoms with van der Waals surface area (Å²) in [5.41, 5.74) is 1.25. The quantitative estimate of drug-likeness (QED) is 0.520. The highest BCUT2D eigenvalue weighted by Gasteiger charge is 2.36. The molecule has 0 bridgehead atoms. The summed E-state index contributed by atoms with van der Waals surface area (Å²) >= 11 is 0. The standard InChI is InChI=1S/C22H20N4O6S/c1-13(2)33(30,31)15-9-7-14(8-10-15)11-19-24-25-22(32-19)23-18(27)12-26-20(28)16-5-3-4-6-17(16)21(26)29/h3-10,13H,11-12H2,1-2H3,(H,23,25,27). The number of aromatic nitrogens is 2. The number of carbonyl (C=O) groups excluding carboxylic acids is 3. The zero-order chi connectivity index (χ0) is 23.8. The molecule has 0 fully saturated rings. The van der Waals surface area contributed by atoms with Crippen molar-refractivity contribution < 1.29 is 27.2 Å². The van der Waals surface area contributed by atoms with Gasteiger partial charge in [0.2, 0.25) is 11.8 Å². The van der Waals surface area contributed by atoms with E-state index in [1.54, 1.807) is 38.1 Å². The van der Waals surface area contributed by atoms with Crippen LogP contribution in [0.1, 0.15) is 46.0 Å². The smallest absolute Gasteiger partial charge is 0.322 e. The number of nitrogens with zero attached hydrogens (tertiary/aromatic N) is 3. The van der Waals surface area contributed by atoms with Crippen LogP contribution in [0.3, 0.4) is 0 Å². The lowest BCUT2D eigenvalue weighted by molar-refractivity contribution is -0.116. The van der Waals surface area contributed by atoms with Crippen molar-refractivity contribution in [3.05, 3.63) is 71.1 Å². The van der Waals surface area contributed by atoms with E-state index in [1.807, 2.05) is 0 Å². The summed E-state index contributed by atoms with van der Waals surface area (Å²) in [6.45, 7) is 2.74. The van der Waals surface area contributed by atoms with Crippen molar-refractivity contribution in [1.29, 1.82) is 0 Å². The molecule has 1 aromatic heterocycles. The van der Waals surface area contributed by atoms with E-state index in [4.69, 9.17) is 4.42 Å². The predicted octanol–water partition coefficient (Wildman–Crippen LogP) is 2.08. The lowest BCUT2D eigenvalue weighted by atomic mass is 10.1. The van der Waals surface area contributed by atoms with E-state index >= 15 is 0 Å². The third-order valence-electron chi connectivity index (χ3n) is 5.12. The van der Waals surface area contributed by atoms with Gasteiger partial charge in [-0.3, -0.25) is 24.6 Å². The van der Waals surface area contributed by atoms with Gasteiger partial charge in [-0.25, -0.2) is 8.42 Å². The summed E-state index contributed by atoms with van der Waals surface area (Å²) in [7, 11) is -3.36. The first-order chi connectivity index (χ1) is 15.7. The zero-order valence-electron chi connectivity index (χ0n) is 17.8. The number of anilines is 1. The van der Waals surface area contributed by atoms with E-state index in [0.717, 1.165) is 10.5 Å².